The normalized spacial score (nSPS) is 9.85. The Morgan fingerprint density at radius 3 is 1.38 bits per heavy atom. The minimum absolute atomic E-state index is 0. The largest absolute Gasteiger partial charge is 0.460 e. The molecule has 0 atom stereocenters. The second-order valence-corrected chi connectivity index (χ2v) is 16.3. The van der Waals surface area contributed by atoms with E-state index in [9.17, 15) is 24.3 Å². The molecule has 0 fully saturated rings. The summed E-state index contributed by atoms with van der Waals surface area (Å²) in [6.45, 7) is 10.5. The van der Waals surface area contributed by atoms with Gasteiger partial charge in [-0.1, -0.05) is 86.0 Å². The number of thioether (sulfide) groups is 4. The first-order valence-corrected chi connectivity index (χ1v) is 22.0. The first-order chi connectivity index (χ1) is 29.1. The van der Waals surface area contributed by atoms with Crippen LogP contribution in [-0.2, 0) is 28.6 Å². The molecular formula is C44H51BN2O8S4U. The summed E-state index contributed by atoms with van der Waals surface area (Å²) in [5, 5.41) is 12.5. The summed E-state index contributed by atoms with van der Waals surface area (Å²) in [5.74, 6) is 1.82. The molecule has 0 spiro atoms. The fourth-order valence-electron chi connectivity index (χ4n) is 3.96. The topological polar surface area (TPSA) is 141 Å². The number of amides is 1. The fraction of sp³-hybridized carbons (Fsp3) is 0.273. The van der Waals surface area contributed by atoms with E-state index in [4.69, 9.17) is 10.8 Å². The van der Waals surface area contributed by atoms with Crippen molar-refractivity contribution >= 4 is 79.5 Å². The Morgan fingerprint density at radius 2 is 1.03 bits per heavy atom. The van der Waals surface area contributed by atoms with Gasteiger partial charge in [-0.2, -0.15) is 0 Å². The molecule has 0 aliphatic carbocycles. The second-order valence-electron chi connectivity index (χ2n) is 11.9. The number of esters is 2. The third kappa shape index (κ3) is 28.8. The van der Waals surface area contributed by atoms with Crippen LogP contribution in [0.5, 0.6) is 0 Å². The van der Waals surface area contributed by atoms with Crippen LogP contribution in [0.2, 0.25) is 0 Å². The number of carbonyl (C=O) groups is 3. The Balaban J connectivity index is 0.000000958. The van der Waals surface area contributed by atoms with Gasteiger partial charge in [-0.3, -0.25) is 0 Å². The molecule has 16 heteroatoms. The van der Waals surface area contributed by atoms with Gasteiger partial charge in [-0.25, -0.2) is 24.2 Å². The molecule has 0 saturated heterocycles. The molecular weight excluding hydrogens is 1060 g/mol. The predicted octanol–water partition coefficient (Wildman–Crippen LogP) is 8.51. The van der Waals surface area contributed by atoms with Gasteiger partial charge in [0.05, 0.1) is 19.2 Å². The maximum absolute atomic E-state index is 12.1. The standard InChI is InChI=1S/C22H25NO4S2.C15H16OS2.C7H9NO3.BH.U/c1-17(2)21(24)26-14-13-23-22(25)27-18(15-28-19-9-5-3-6-10-19)16-29-20-11-7-4-8-12-20;16-13(11-17-14-7-3-1-4-8-14)12-18-15-9-5-2-6-10-15;1-6(2)7(10)11-4-3-8-5-9;;/h3-12,18H,1,13-16H2,2H3,(H,23,25);1-10,13,16H,11-12H2;1,3-4H2,2H3;1H;/i;;;1D;. The summed E-state index contributed by atoms with van der Waals surface area (Å²) in [5.41, 5.74) is 0.656. The van der Waals surface area contributed by atoms with E-state index >= 15 is 0 Å². The molecule has 0 aromatic heterocycles. The maximum atomic E-state index is 12.1. The van der Waals surface area contributed by atoms with Crippen LogP contribution in [0.3, 0.4) is 0 Å². The number of carbonyl (C=O) groups excluding carboxylic acids is 4. The van der Waals surface area contributed by atoms with Crippen molar-refractivity contribution in [3.8, 4) is 0 Å². The second kappa shape index (κ2) is 36.1. The average molecular weight is 1110 g/mol. The van der Waals surface area contributed by atoms with Crippen LogP contribution in [-0.4, -0.2) is 100 Å². The van der Waals surface area contributed by atoms with Crippen molar-refractivity contribution in [3.63, 3.8) is 0 Å². The van der Waals surface area contributed by atoms with Crippen LogP contribution in [0, 0.1) is 31.1 Å². The van der Waals surface area contributed by atoms with E-state index in [0.717, 1.165) is 21.3 Å². The number of aliphatic imine (C=N–C) groups is 1. The number of hydrogen-bond donors (Lipinski definition) is 2. The first kappa shape index (κ1) is 54.4. The summed E-state index contributed by atoms with van der Waals surface area (Å²) in [4.78, 5) is 51.5. The van der Waals surface area contributed by atoms with E-state index in [1.54, 1.807) is 60.9 Å². The van der Waals surface area contributed by atoms with Gasteiger partial charge in [0.1, 0.15) is 19.3 Å². The molecule has 316 valence electrons. The van der Waals surface area contributed by atoms with Gasteiger partial charge in [0, 0.05) is 93.2 Å². The fourth-order valence-corrected chi connectivity index (χ4v) is 7.79. The summed E-state index contributed by atoms with van der Waals surface area (Å²) in [6.07, 6.45) is 0.256. The third-order valence-electron chi connectivity index (χ3n) is 6.81. The van der Waals surface area contributed by atoms with Crippen LogP contribution in [0.15, 0.2) is 170 Å². The molecule has 0 heterocycles. The number of isocyanates is 1. The monoisotopic (exact) mass is 1110 g/mol. The van der Waals surface area contributed by atoms with Crippen molar-refractivity contribution in [1.29, 1.82) is 1.34 Å². The van der Waals surface area contributed by atoms with E-state index in [-0.39, 0.29) is 69.6 Å². The average Bonchev–Trinajstić information content (AvgIpc) is 3.28. The molecule has 1 amide bonds. The molecule has 0 aliphatic heterocycles. The zero-order valence-corrected chi connectivity index (χ0v) is 41.2. The Bertz CT molecular complexity index is 1770. The first-order valence-electron chi connectivity index (χ1n) is 18.7. The predicted molar refractivity (Wildman–Crippen MR) is 245 cm³/mol. The van der Waals surface area contributed by atoms with Crippen molar-refractivity contribution in [2.24, 2.45) is 4.99 Å². The van der Waals surface area contributed by atoms with E-state index in [1.165, 1.54) is 15.9 Å². The van der Waals surface area contributed by atoms with Crippen LogP contribution < -0.4 is 5.32 Å². The molecule has 0 bridgehead atoms. The van der Waals surface area contributed by atoms with Crippen molar-refractivity contribution in [3.05, 3.63) is 146 Å². The molecule has 0 saturated carbocycles. The van der Waals surface area contributed by atoms with Gasteiger partial charge in [0.25, 0.3) is 0 Å². The molecule has 4 aromatic carbocycles. The number of alkyl carbamates (subject to hydrolysis) is 1. The zero-order chi connectivity index (χ0) is 44.2. The molecule has 60 heavy (non-hydrogen) atoms. The van der Waals surface area contributed by atoms with Crippen LogP contribution in [0.25, 0.3) is 0 Å². The Labute approximate surface area is 398 Å². The van der Waals surface area contributed by atoms with Crippen molar-refractivity contribution in [2.45, 2.75) is 45.6 Å². The number of nitrogens with zero attached hydrogens (tertiary/aromatic N) is 1. The molecule has 0 aliphatic rings. The molecule has 2 N–H and O–H groups in total. The zero-order valence-electron chi connectivity index (χ0n) is 34.7. The van der Waals surface area contributed by atoms with E-state index in [2.05, 4.69) is 60.8 Å². The van der Waals surface area contributed by atoms with E-state index in [1.807, 2.05) is 97.1 Å². The van der Waals surface area contributed by atoms with Crippen LogP contribution >= 0.6 is 47.0 Å². The summed E-state index contributed by atoms with van der Waals surface area (Å²) >= 11 is 6.69. The number of hydrogen-bond acceptors (Lipinski definition) is 13. The minimum Gasteiger partial charge on any atom is -0.460 e. The van der Waals surface area contributed by atoms with Gasteiger partial charge in [0.2, 0.25) is 6.08 Å². The molecule has 10 nitrogen and oxygen atoms in total. The van der Waals surface area contributed by atoms with Gasteiger partial charge < -0.3 is 24.6 Å². The smallest absolute Gasteiger partial charge is 0.407 e. The third-order valence-corrected chi connectivity index (χ3v) is 11.4. The quantitative estimate of drug-likeness (QED) is 0.0121. The Kier molecular flexibility index (Phi) is 32.8. The number of rotatable bonds is 21. The van der Waals surface area contributed by atoms with Crippen LogP contribution in [0.1, 0.15) is 13.8 Å². The van der Waals surface area contributed by atoms with Gasteiger partial charge in [0.15, 0.2) is 0 Å². The number of aliphatic hydroxyl groups excluding tert-OH is 1. The van der Waals surface area contributed by atoms with Crippen LogP contribution in [0.4, 0.5) is 4.79 Å². The maximum Gasteiger partial charge on any atom is 0.407 e. The van der Waals surface area contributed by atoms with Gasteiger partial charge in [-0.15, -0.1) is 47.0 Å². The van der Waals surface area contributed by atoms with Crippen molar-refractivity contribution in [2.75, 3.05) is 49.3 Å². The van der Waals surface area contributed by atoms with Gasteiger partial charge in [-0.05, 0) is 63.7 Å². The summed E-state index contributed by atoms with van der Waals surface area (Å²) < 4.78 is 20.4. The van der Waals surface area contributed by atoms with E-state index < -0.39 is 18.0 Å². The summed E-state index contributed by atoms with van der Waals surface area (Å²) in [7, 11) is 3.75. The SMILES string of the molecule is C=C(C)C(=O)OCCN=C=O.C=C(C)C(=O)OCCNC(=O)OC(CSc1ccccc1)CSc1ccccc1.OC(CSc1ccccc1)CSc1ccccc1.[2H][B].[U]. The number of aliphatic hydroxyl groups is 1. The van der Waals surface area contributed by atoms with Gasteiger partial charge >= 0.3 is 18.0 Å². The van der Waals surface area contributed by atoms with E-state index in [0.29, 0.717) is 22.7 Å². The minimum atomic E-state index is -0.524. The number of ether oxygens (including phenoxy) is 3. The molecule has 4 aromatic rings. The Hall–Kier alpha value is -3.57. The molecule has 2 radical (unpaired) electrons. The summed E-state index contributed by atoms with van der Waals surface area (Å²) in [6, 6.07) is 40.4. The number of nitrogens with one attached hydrogen (secondary N) is 1. The van der Waals surface area contributed by atoms with Crippen molar-refractivity contribution < 1.29 is 69.6 Å². The Morgan fingerprint density at radius 1 is 0.683 bits per heavy atom. The molecule has 4 rings (SSSR count). The number of benzene rings is 4. The van der Waals surface area contributed by atoms with Crippen molar-refractivity contribution in [1.82, 2.24) is 5.32 Å². The molecule has 0 unspecified atom stereocenters.